The fourth-order valence-corrected chi connectivity index (χ4v) is 3.50. The van der Waals surface area contributed by atoms with Gasteiger partial charge in [0, 0.05) is 57.4 Å². The van der Waals surface area contributed by atoms with Crippen LogP contribution < -0.4 is 0 Å². The van der Waals surface area contributed by atoms with Gasteiger partial charge >= 0.3 is 0 Å². The van der Waals surface area contributed by atoms with Crippen LogP contribution in [-0.2, 0) is 19.2 Å². The van der Waals surface area contributed by atoms with Gasteiger partial charge in [-0.15, -0.1) is 0 Å². The van der Waals surface area contributed by atoms with Crippen molar-refractivity contribution in [2.24, 2.45) is 0 Å². The SMILES string of the molecule is CC1=C(C)C(=O)C(CCC#CC#CCCC2=C(C)C(=O)C(C)=C(C)C2=O)=C(C)C1=O. The van der Waals surface area contributed by atoms with E-state index < -0.39 is 0 Å². The van der Waals surface area contributed by atoms with Gasteiger partial charge in [0.2, 0.25) is 0 Å². The molecule has 0 aromatic heterocycles. The first-order valence-electron chi connectivity index (χ1n) is 9.98. The Labute approximate surface area is 178 Å². The van der Waals surface area contributed by atoms with Crippen LogP contribution >= 0.6 is 0 Å². The lowest BCUT2D eigenvalue weighted by molar-refractivity contribution is -0.116. The van der Waals surface area contributed by atoms with Crippen LogP contribution in [0.15, 0.2) is 44.6 Å². The molecule has 2 aliphatic rings. The minimum Gasteiger partial charge on any atom is -0.289 e. The van der Waals surface area contributed by atoms with Crippen LogP contribution in [0.5, 0.6) is 0 Å². The van der Waals surface area contributed by atoms with Gasteiger partial charge in [-0.1, -0.05) is 11.8 Å². The molecule has 0 radical (unpaired) electrons. The van der Waals surface area contributed by atoms with Gasteiger partial charge in [0.25, 0.3) is 0 Å². The highest BCUT2D eigenvalue weighted by Crippen LogP contribution is 2.27. The Morgan fingerprint density at radius 1 is 0.467 bits per heavy atom. The lowest BCUT2D eigenvalue weighted by Crippen LogP contribution is -2.20. The molecule has 0 N–H and O–H groups in total. The molecule has 0 aromatic carbocycles. The topological polar surface area (TPSA) is 68.3 Å². The molecule has 0 amide bonds. The molecular weight excluding hydrogens is 376 g/mol. The smallest absolute Gasteiger partial charge is 0.185 e. The van der Waals surface area contributed by atoms with Crippen molar-refractivity contribution in [3.63, 3.8) is 0 Å². The molecule has 0 aromatic rings. The first kappa shape index (κ1) is 23.0. The zero-order chi connectivity index (χ0) is 22.6. The predicted octanol–water partition coefficient (Wildman–Crippen LogP) is 4.16. The van der Waals surface area contributed by atoms with E-state index in [0.29, 0.717) is 70.3 Å². The largest absolute Gasteiger partial charge is 0.289 e. The fourth-order valence-electron chi connectivity index (χ4n) is 3.50. The van der Waals surface area contributed by atoms with Gasteiger partial charge in [-0.2, -0.15) is 0 Å². The van der Waals surface area contributed by atoms with Gasteiger partial charge in [-0.25, -0.2) is 0 Å². The van der Waals surface area contributed by atoms with Gasteiger partial charge in [-0.3, -0.25) is 19.2 Å². The third kappa shape index (κ3) is 4.50. The second-order valence-electron chi connectivity index (χ2n) is 7.63. The van der Waals surface area contributed by atoms with Crippen LogP contribution in [0.4, 0.5) is 0 Å². The van der Waals surface area contributed by atoms with Gasteiger partial charge < -0.3 is 0 Å². The van der Waals surface area contributed by atoms with E-state index in [9.17, 15) is 19.2 Å². The van der Waals surface area contributed by atoms with Crippen LogP contribution in [0.3, 0.4) is 0 Å². The average molecular weight is 402 g/mol. The predicted molar refractivity (Wildman–Crippen MR) is 116 cm³/mol. The molecule has 30 heavy (non-hydrogen) atoms. The first-order chi connectivity index (χ1) is 14.1. The zero-order valence-electron chi connectivity index (χ0n) is 18.5. The maximum Gasteiger partial charge on any atom is 0.185 e. The minimum absolute atomic E-state index is 0.0736. The number of allylic oxidation sites excluding steroid dienone is 8. The molecule has 0 bridgehead atoms. The molecule has 2 aliphatic carbocycles. The molecule has 0 heterocycles. The monoisotopic (exact) mass is 402 g/mol. The van der Waals surface area contributed by atoms with Crippen molar-refractivity contribution in [3.05, 3.63) is 44.6 Å². The molecular formula is C26H26O4. The molecule has 0 aliphatic heterocycles. The van der Waals surface area contributed by atoms with Crippen LogP contribution in [0.25, 0.3) is 0 Å². The molecule has 0 fully saturated rings. The van der Waals surface area contributed by atoms with E-state index in [-0.39, 0.29) is 23.1 Å². The minimum atomic E-state index is -0.0765. The third-order valence-electron chi connectivity index (χ3n) is 5.86. The van der Waals surface area contributed by atoms with Crippen molar-refractivity contribution < 1.29 is 19.2 Å². The summed E-state index contributed by atoms with van der Waals surface area (Å²) in [7, 11) is 0. The second kappa shape index (κ2) is 9.51. The molecule has 4 nitrogen and oxygen atoms in total. The number of Topliss-reactive ketones (excluding diaryl/α,β-unsaturated/α-hetero) is 4. The number of hydrogen-bond acceptors (Lipinski definition) is 4. The maximum atomic E-state index is 12.4. The summed E-state index contributed by atoms with van der Waals surface area (Å²) in [6.45, 7) is 10.1. The molecule has 2 rings (SSSR count). The number of ketones is 4. The maximum absolute atomic E-state index is 12.4. The zero-order valence-corrected chi connectivity index (χ0v) is 18.5. The number of rotatable bonds is 4. The van der Waals surface area contributed by atoms with Crippen molar-refractivity contribution in [2.75, 3.05) is 0 Å². The molecule has 0 spiro atoms. The summed E-state index contributed by atoms with van der Waals surface area (Å²) in [5.41, 5.74) is 4.13. The summed E-state index contributed by atoms with van der Waals surface area (Å²) in [5, 5.41) is 0. The standard InChI is InChI=1S/C26H26O4/c1-15-17(3)25(29)21(19(5)23(15)27)13-11-9-7-8-10-12-14-22-20(6)24(28)16(2)18(4)26(22)30/h11-14H2,1-6H3. The Morgan fingerprint density at radius 2 is 0.767 bits per heavy atom. The Balaban J connectivity index is 1.92. The van der Waals surface area contributed by atoms with Crippen molar-refractivity contribution in [1.82, 2.24) is 0 Å². The summed E-state index contributed by atoms with van der Waals surface area (Å²) >= 11 is 0. The Kier molecular flexibility index (Phi) is 7.30. The highest BCUT2D eigenvalue weighted by Gasteiger charge is 2.28. The van der Waals surface area contributed by atoms with Crippen molar-refractivity contribution in [3.8, 4) is 23.7 Å². The summed E-state index contributed by atoms with van der Waals surface area (Å²) in [4.78, 5) is 49.0. The first-order valence-corrected chi connectivity index (χ1v) is 9.98. The van der Waals surface area contributed by atoms with Crippen molar-refractivity contribution >= 4 is 23.1 Å². The van der Waals surface area contributed by atoms with E-state index in [1.807, 2.05) is 0 Å². The van der Waals surface area contributed by atoms with Crippen molar-refractivity contribution in [1.29, 1.82) is 0 Å². The molecule has 0 saturated carbocycles. The van der Waals surface area contributed by atoms with E-state index in [0.717, 1.165) is 0 Å². The van der Waals surface area contributed by atoms with E-state index in [1.54, 1.807) is 41.5 Å². The highest BCUT2D eigenvalue weighted by atomic mass is 16.1. The Bertz CT molecular complexity index is 1020. The normalized spacial score (nSPS) is 17.4. The van der Waals surface area contributed by atoms with Gasteiger partial charge in [0.1, 0.15) is 0 Å². The fraction of sp³-hybridized carbons (Fsp3) is 0.385. The highest BCUT2D eigenvalue weighted by molar-refractivity contribution is 6.25. The second-order valence-corrected chi connectivity index (χ2v) is 7.63. The molecule has 0 unspecified atom stereocenters. The number of carbonyl (C=O) groups is 4. The van der Waals surface area contributed by atoms with Crippen LogP contribution in [0.1, 0.15) is 67.2 Å². The number of hydrogen-bond donors (Lipinski definition) is 0. The quantitative estimate of drug-likeness (QED) is 0.523. The van der Waals surface area contributed by atoms with Crippen LogP contribution in [0, 0.1) is 23.7 Å². The average Bonchev–Trinajstić information content (AvgIpc) is 2.73. The molecule has 154 valence electrons. The van der Waals surface area contributed by atoms with Crippen LogP contribution in [0.2, 0.25) is 0 Å². The summed E-state index contributed by atoms with van der Waals surface area (Å²) in [6.07, 6.45) is 1.72. The molecule has 0 saturated heterocycles. The van der Waals surface area contributed by atoms with E-state index >= 15 is 0 Å². The van der Waals surface area contributed by atoms with Gasteiger partial charge in [0.05, 0.1) is 0 Å². The Morgan fingerprint density at radius 3 is 1.10 bits per heavy atom. The summed E-state index contributed by atoms with van der Waals surface area (Å²) in [6, 6.07) is 0. The third-order valence-corrected chi connectivity index (χ3v) is 5.86. The van der Waals surface area contributed by atoms with E-state index in [2.05, 4.69) is 23.7 Å². The van der Waals surface area contributed by atoms with E-state index in [1.165, 1.54) is 0 Å². The molecule has 0 atom stereocenters. The van der Waals surface area contributed by atoms with E-state index in [4.69, 9.17) is 0 Å². The van der Waals surface area contributed by atoms with Gasteiger partial charge in [0.15, 0.2) is 23.1 Å². The Hall–Kier alpha value is -3.24. The summed E-state index contributed by atoms with van der Waals surface area (Å²) < 4.78 is 0. The lowest BCUT2D eigenvalue weighted by atomic mass is 9.84. The molecule has 4 heteroatoms. The summed E-state index contributed by atoms with van der Waals surface area (Å²) in [5.74, 6) is 11.0. The lowest BCUT2D eigenvalue weighted by Gasteiger charge is -2.17. The van der Waals surface area contributed by atoms with Crippen molar-refractivity contribution in [2.45, 2.75) is 67.2 Å². The van der Waals surface area contributed by atoms with Gasteiger partial charge in [-0.05, 0) is 66.2 Å². The number of carbonyl (C=O) groups excluding carboxylic acids is 4. The van der Waals surface area contributed by atoms with Crippen LogP contribution in [-0.4, -0.2) is 23.1 Å².